The van der Waals surface area contributed by atoms with Crippen LogP contribution in [0.25, 0.3) is 0 Å². The highest BCUT2D eigenvalue weighted by Gasteiger charge is 2.20. The molecule has 0 saturated carbocycles. The number of nitrogens with zero attached hydrogens (tertiary/aromatic N) is 1. The maximum atomic E-state index is 12.0. The van der Waals surface area contributed by atoms with Gasteiger partial charge in [-0.25, -0.2) is 0 Å². The Bertz CT molecular complexity index is 475. The number of aryl methyl sites for hydroxylation is 1. The highest BCUT2D eigenvalue weighted by atomic mass is 16.2. The Hall–Kier alpha value is -1.62. The number of hydrogen-bond donors (Lipinski definition) is 2. The molecule has 0 bridgehead atoms. The number of pyridine rings is 1. The molecule has 5 heteroatoms. The largest absolute Gasteiger partial charge is 0.325 e. The lowest BCUT2D eigenvalue weighted by atomic mass is 9.99. The van der Waals surface area contributed by atoms with Crippen LogP contribution in [0, 0.1) is 5.92 Å². The van der Waals surface area contributed by atoms with Gasteiger partial charge < -0.3 is 15.2 Å². The maximum Gasteiger partial charge on any atom is 0.250 e. The van der Waals surface area contributed by atoms with Crippen LogP contribution < -0.4 is 16.2 Å². The molecule has 5 nitrogen and oxygen atoms in total. The molecule has 1 amide bonds. The van der Waals surface area contributed by atoms with E-state index in [2.05, 4.69) is 10.6 Å². The summed E-state index contributed by atoms with van der Waals surface area (Å²) in [6, 6.07) is 3.14. The molecule has 0 unspecified atom stereocenters. The van der Waals surface area contributed by atoms with E-state index in [4.69, 9.17) is 0 Å². The quantitative estimate of drug-likeness (QED) is 0.833. The van der Waals surface area contributed by atoms with Crippen molar-refractivity contribution in [2.75, 3.05) is 18.4 Å². The van der Waals surface area contributed by atoms with Crippen LogP contribution in [0.3, 0.4) is 0 Å². The topological polar surface area (TPSA) is 63.1 Å². The van der Waals surface area contributed by atoms with E-state index < -0.39 is 0 Å². The number of piperidine rings is 1. The lowest BCUT2D eigenvalue weighted by molar-refractivity contribution is -0.120. The van der Waals surface area contributed by atoms with Crippen molar-refractivity contribution in [3.8, 4) is 0 Å². The summed E-state index contributed by atoms with van der Waals surface area (Å²) in [6.07, 6.45) is 3.65. The fourth-order valence-electron chi connectivity index (χ4n) is 2.17. The summed E-state index contributed by atoms with van der Waals surface area (Å²) < 4.78 is 1.58. The van der Waals surface area contributed by atoms with Gasteiger partial charge in [0, 0.05) is 25.4 Å². The Kier molecular flexibility index (Phi) is 4.15. The highest BCUT2D eigenvalue weighted by Crippen LogP contribution is 2.13. The summed E-state index contributed by atoms with van der Waals surface area (Å²) in [4.78, 5) is 23.4. The smallest absolute Gasteiger partial charge is 0.250 e. The molecule has 1 saturated heterocycles. The van der Waals surface area contributed by atoms with E-state index in [9.17, 15) is 9.59 Å². The first-order valence-corrected chi connectivity index (χ1v) is 6.43. The van der Waals surface area contributed by atoms with Crippen molar-refractivity contribution < 1.29 is 4.79 Å². The molecule has 1 aliphatic rings. The molecule has 0 aliphatic carbocycles. The number of carbonyl (C=O) groups is 1. The molecular formula is C13H19N3O2. The number of anilines is 1. The van der Waals surface area contributed by atoms with Crippen LogP contribution >= 0.6 is 0 Å². The van der Waals surface area contributed by atoms with Crippen molar-refractivity contribution in [1.29, 1.82) is 0 Å². The average Bonchev–Trinajstić information content (AvgIpc) is 2.42. The summed E-state index contributed by atoms with van der Waals surface area (Å²) in [7, 11) is 0. The molecule has 2 rings (SSSR count). The number of carbonyl (C=O) groups excluding carboxylic acids is 1. The van der Waals surface area contributed by atoms with Crippen LogP contribution in [0.15, 0.2) is 23.1 Å². The zero-order chi connectivity index (χ0) is 13.0. The van der Waals surface area contributed by atoms with Crippen molar-refractivity contribution in [2.45, 2.75) is 26.3 Å². The fraction of sp³-hybridized carbons (Fsp3) is 0.538. The number of aromatic nitrogens is 1. The predicted octanol–water partition coefficient (Wildman–Crippen LogP) is 0.806. The Balaban J connectivity index is 2.04. The second-order valence-electron chi connectivity index (χ2n) is 4.57. The van der Waals surface area contributed by atoms with E-state index in [-0.39, 0.29) is 17.4 Å². The maximum absolute atomic E-state index is 12.0. The van der Waals surface area contributed by atoms with E-state index in [0.717, 1.165) is 25.9 Å². The predicted molar refractivity (Wildman–Crippen MR) is 70.6 cm³/mol. The van der Waals surface area contributed by atoms with Crippen LogP contribution in [0.2, 0.25) is 0 Å². The molecule has 0 spiro atoms. The molecule has 0 radical (unpaired) electrons. The number of rotatable bonds is 3. The van der Waals surface area contributed by atoms with Gasteiger partial charge in [-0.3, -0.25) is 9.59 Å². The van der Waals surface area contributed by atoms with Gasteiger partial charge in [-0.1, -0.05) is 0 Å². The average molecular weight is 249 g/mol. The van der Waals surface area contributed by atoms with Crippen molar-refractivity contribution in [1.82, 2.24) is 9.88 Å². The highest BCUT2D eigenvalue weighted by molar-refractivity contribution is 5.92. The monoisotopic (exact) mass is 249 g/mol. The second kappa shape index (κ2) is 5.82. The van der Waals surface area contributed by atoms with Crippen LogP contribution in [0.1, 0.15) is 19.8 Å². The molecule has 1 aromatic heterocycles. The van der Waals surface area contributed by atoms with Gasteiger partial charge in [-0.2, -0.15) is 0 Å². The number of amides is 1. The first kappa shape index (κ1) is 12.8. The van der Waals surface area contributed by atoms with Crippen LogP contribution in [-0.2, 0) is 11.3 Å². The van der Waals surface area contributed by atoms with Gasteiger partial charge >= 0.3 is 0 Å². The zero-order valence-corrected chi connectivity index (χ0v) is 10.6. The van der Waals surface area contributed by atoms with Crippen LogP contribution in [0.5, 0.6) is 0 Å². The molecule has 1 aromatic rings. The fourth-order valence-corrected chi connectivity index (χ4v) is 2.17. The SMILES string of the molecule is CCn1cc(NC(=O)[C@@H]2CCCNC2)ccc1=O. The van der Waals surface area contributed by atoms with E-state index in [1.165, 1.54) is 6.07 Å². The first-order valence-electron chi connectivity index (χ1n) is 6.43. The Morgan fingerprint density at radius 1 is 1.56 bits per heavy atom. The number of hydrogen-bond acceptors (Lipinski definition) is 3. The third kappa shape index (κ3) is 2.98. The van der Waals surface area contributed by atoms with Gasteiger partial charge in [0.15, 0.2) is 0 Å². The Labute approximate surface area is 106 Å². The summed E-state index contributed by atoms with van der Waals surface area (Å²) in [5, 5.41) is 6.09. The third-order valence-corrected chi connectivity index (χ3v) is 3.26. The van der Waals surface area contributed by atoms with Gasteiger partial charge in [0.05, 0.1) is 11.6 Å². The van der Waals surface area contributed by atoms with E-state index >= 15 is 0 Å². The summed E-state index contributed by atoms with van der Waals surface area (Å²) in [5.41, 5.74) is 0.641. The summed E-state index contributed by atoms with van der Waals surface area (Å²) in [5.74, 6) is 0.0595. The lowest BCUT2D eigenvalue weighted by Gasteiger charge is -2.22. The lowest BCUT2D eigenvalue weighted by Crippen LogP contribution is -2.37. The Morgan fingerprint density at radius 2 is 2.39 bits per heavy atom. The van der Waals surface area contributed by atoms with Gasteiger partial charge in [0.25, 0.3) is 5.56 Å². The minimum atomic E-state index is -0.0465. The molecule has 18 heavy (non-hydrogen) atoms. The minimum Gasteiger partial charge on any atom is -0.325 e. The molecular weight excluding hydrogens is 230 g/mol. The second-order valence-corrected chi connectivity index (χ2v) is 4.57. The summed E-state index contributed by atoms with van der Waals surface area (Å²) in [6.45, 7) is 4.23. The van der Waals surface area contributed by atoms with Gasteiger partial charge in [0.1, 0.15) is 0 Å². The van der Waals surface area contributed by atoms with Crippen molar-refractivity contribution >= 4 is 11.6 Å². The molecule has 1 atom stereocenters. The normalized spacial score (nSPS) is 19.5. The van der Waals surface area contributed by atoms with Crippen LogP contribution in [-0.4, -0.2) is 23.6 Å². The first-order chi connectivity index (χ1) is 8.70. The van der Waals surface area contributed by atoms with E-state index in [1.807, 2.05) is 6.92 Å². The van der Waals surface area contributed by atoms with E-state index in [1.54, 1.807) is 16.8 Å². The summed E-state index contributed by atoms with van der Waals surface area (Å²) >= 11 is 0. The van der Waals surface area contributed by atoms with Gasteiger partial charge in [-0.15, -0.1) is 0 Å². The van der Waals surface area contributed by atoms with E-state index in [0.29, 0.717) is 12.2 Å². The molecule has 1 fully saturated rings. The zero-order valence-electron chi connectivity index (χ0n) is 10.6. The minimum absolute atomic E-state index is 0.0285. The van der Waals surface area contributed by atoms with Gasteiger partial charge in [-0.05, 0) is 32.4 Å². The molecule has 2 N–H and O–H groups in total. The van der Waals surface area contributed by atoms with Crippen LogP contribution in [0.4, 0.5) is 5.69 Å². The number of nitrogens with one attached hydrogen (secondary N) is 2. The standard InChI is InChI=1S/C13H19N3O2/c1-2-16-9-11(5-6-12(16)17)15-13(18)10-4-3-7-14-8-10/h5-6,9-10,14H,2-4,7-8H2,1H3,(H,15,18)/t10-/m1/s1. The molecule has 1 aliphatic heterocycles. The van der Waals surface area contributed by atoms with Crippen molar-refractivity contribution in [3.05, 3.63) is 28.7 Å². The van der Waals surface area contributed by atoms with Crippen molar-refractivity contribution in [3.63, 3.8) is 0 Å². The molecule has 0 aromatic carbocycles. The third-order valence-electron chi connectivity index (χ3n) is 3.26. The van der Waals surface area contributed by atoms with Crippen molar-refractivity contribution in [2.24, 2.45) is 5.92 Å². The van der Waals surface area contributed by atoms with Gasteiger partial charge in [0.2, 0.25) is 5.91 Å². The Morgan fingerprint density at radius 3 is 3.06 bits per heavy atom. The molecule has 2 heterocycles. The molecule has 98 valence electrons.